The minimum absolute atomic E-state index is 0.0194. The SMILES string of the molecule is CC1(C)CC(=O)C2=C(C1)N(c1ccc(F)cc1F)C(=O)C[C@@H]2c1cccnc1. The van der Waals surface area contributed by atoms with Crippen LogP contribution < -0.4 is 4.90 Å². The molecular weight excluding hydrogens is 362 g/mol. The maximum atomic E-state index is 14.5. The first-order chi connectivity index (χ1) is 13.3. The maximum absolute atomic E-state index is 14.5. The number of anilines is 1. The highest BCUT2D eigenvalue weighted by Crippen LogP contribution is 2.48. The lowest BCUT2D eigenvalue weighted by Crippen LogP contribution is -2.44. The summed E-state index contributed by atoms with van der Waals surface area (Å²) in [5.74, 6) is -2.30. The molecule has 0 bridgehead atoms. The molecule has 0 saturated carbocycles. The number of carbonyl (C=O) groups excluding carboxylic acids is 2. The molecule has 6 heteroatoms. The van der Waals surface area contributed by atoms with Crippen LogP contribution in [0, 0.1) is 17.0 Å². The molecule has 1 aliphatic carbocycles. The summed E-state index contributed by atoms with van der Waals surface area (Å²) in [6, 6.07) is 6.74. The van der Waals surface area contributed by atoms with E-state index in [1.54, 1.807) is 18.5 Å². The lowest BCUT2D eigenvalue weighted by Gasteiger charge is -2.42. The first kappa shape index (κ1) is 18.5. The number of allylic oxidation sites excluding steroid dienone is 2. The van der Waals surface area contributed by atoms with Crippen LogP contribution in [0.4, 0.5) is 14.5 Å². The molecule has 2 heterocycles. The summed E-state index contributed by atoms with van der Waals surface area (Å²) in [6.45, 7) is 3.90. The van der Waals surface area contributed by atoms with E-state index in [0.29, 0.717) is 24.1 Å². The van der Waals surface area contributed by atoms with Crippen LogP contribution in [0.1, 0.15) is 44.6 Å². The van der Waals surface area contributed by atoms with Crippen molar-refractivity contribution >= 4 is 17.4 Å². The van der Waals surface area contributed by atoms with Crippen LogP contribution in [0.2, 0.25) is 0 Å². The molecule has 0 saturated heterocycles. The van der Waals surface area contributed by atoms with E-state index in [-0.39, 0.29) is 29.2 Å². The van der Waals surface area contributed by atoms with E-state index in [9.17, 15) is 18.4 Å². The van der Waals surface area contributed by atoms with Gasteiger partial charge < -0.3 is 0 Å². The molecule has 1 atom stereocenters. The summed E-state index contributed by atoms with van der Waals surface area (Å²) in [7, 11) is 0. The number of amides is 1. The van der Waals surface area contributed by atoms with Crippen LogP contribution in [-0.4, -0.2) is 16.7 Å². The summed E-state index contributed by atoms with van der Waals surface area (Å²) in [4.78, 5) is 31.6. The maximum Gasteiger partial charge on any atom is 0.232 e. The lowest BCUT2D eigenvalue weighted by atomic mass is 9.69. The van der Waals surface area contributed by atoms with E-state index < -0.39 is 17.6 Å². The molecule has 1 amide bonds. The van der Waals surface area contributed by atoms with Crippen LogP contribution in [0.3, 0.4) is 0 Å². The Labute approximate surface area is 161 Å². The van der Waals surface area contributed by atoms with E-state index >= 15 is 0 Å². The summed E-state index contributed by atoms with van der Waals surface area (Å²) in [5.41, 5.74) is 1.46. The van der Waals surface area contributed by atoms with Gasteiger partial charge in [0.1, 0.15) is 11.6 Å². The summed E-state index contributed by atoms with van der Waals surface area (Å²) >= 11 is 0. The van der Waals surface area contributed by atoms with Crippen molar-refractivity contribution in [2.45, 2.75) is 39.0 Å². The predicted octanol–water partition coefficient (Wildman–Crippen LogP) is 4.52. The Balaban J connectivity index is 1.92. The fraction of sp³-hybridized carbons (Fsp3) is 0.318. The number of hydrogen-bond acceptors (Lipinski definition) is 3. The number of carbonyl (C=O) groups is 2. The summed E-state index contributed by atoms with van der Waals surface area (Å²) in [5, 5.41) is 0. The van der Waals surface area contributed by atoms with E-state index in [0.717, 1.165) is 17.7 Å². The summed E-state index contributed by atoms with van der Waals surface area (Å²) in [6.07, 6.45) is 4.14. The third-order valence-electron chi connectivity index (χ3n) is 5.38. The number of benzene rings is 1. The van der Waals surface area contributed by atoms with E-state index in [2.05, 4.69) is 4.98 Å². The Kier molecular flexibility index (Phi) is 4.37. The van der Waals surface area contributed by atoms with Gasteiger partial charge in [0.15, 0.2) is 5.78 Å². The van der Waals surface area contributed by atoms with Gasteiger partial charge in [0.2, 0.25) is 5.91 Å². The van der Waals surface area contributed by atoms with Crippen molar-refractivity contribution in [3.05, 3.63) is 71.2 Å². The van der Waals surface area contributed by atoms with Gasteiger partial charge in [0, 0.05) is 48.5 Å². The molecule has 0 fully saturated rings. The van der Waals surface area contributed by atoms with Gasteiger partial charge in [-0.25, -0.2) is 8.78 Å². The molecule has 4 nitrogen and oxygen atoms in total. The number of nitrogens with zero attached hydrogens (tertiary/aromatic N) is 2. The molecule has 1 aliphatic heterocycles. The molecule has 1 aromatic heterocycles. The van der Waals surface area contributed by atoms with Gasteiger partial charge in [-0.1, -0.05) is 19.9 Å². The second-order valence-electron chi connectivity index (χ2n) is 8.17. The highest BCUT2D eigenvalue weighted by atomic mass is 19.1. The number of rotatable bonds is 2. The Morgan fingerprint density at radius 1 is 1.14 bits per heavy atom. The third-order valence-corrected chi connectivity index (χ3v) is 5.38. The van der Waals surface area contributed by atoms with Crippen LogP contribution in [-0.2, 0) is 9.59 Å². The quantitative estimate of drug-likeness (QED) is 0.767. The molecule has 0 radical (unpaired) electrons. The Bertz CT molecular complexity index is 999. The average molecular weight is 382 g/mol. The molecule has 4 rings (SSSR count). The lowest BCUT2D eigenvalue weighted by molar-refractivity contribution is -0.121. The minimum Gasteiger partial charge on any atom is -0.294 e. The first-order valence-corrected chi connectivity index (χ1v) is 9.21. The summed E-state index contributed by atoms with van der Waals surface area (Å²) < 4.78 is 27.9. The monoisotopic (exact) mass is 382 g/mol. The molecule has 1 aromatic carbocycles. The number of Topliss-reactive ketones (excluding diaryl/α,β-unsaturated/α-hetero) is 1. The smallest absolute Gasteiger partial charge is 0.232 e. The van der Waals surface area contributed by atoms with Crippen molar-refractivity contribution in [3.8, 4) is 0 Å². The van der Waals surface area contributed by atoms with Crippen LogP contribution >= 0.6 is 0 Å². The van der Waals surface area contributed by atoms with Crippen LogP contribution in [0.15, 0.2) is 54.0 Å². The normalized spacial score (nSPS) is 21.7. The zero-order valence-electron chi connectivity index (χ0n) is 15.7. The molecule has 2 aromatic rings. The molecule has 28 heavy (non-hydrogen) atoms. The van der Waals surface area contributed by atoms with Crippen molar-refractivity contribution in [2.75, 3.05) is 4.90 Å². The fourth-order valence-corrected chi connectivity index (χ4v) is 4.22. The van der Waals surface area contributed by atoms with Crippen molar-refractivity contribution in [3.63, 3.8) is 0 Å². The minimum atomic E-state index is -0.823. The third kappa shape index (κ3) is 3.13. The standard InChI is InChI=1S/C22H20F2N2O2/c1-22(2)10-18-21(19(27)11-22)15(13-4-3-7-25-12-13)9-20(28)26(18)17-6-5-14(23)8-16(17)24/h3-8,12,15H,9-11H2,1-2H3/t15-/m1/s1. The van der Waals surface area contributed by atoms with Gasteiger partial charge >= 0.3 is 0 Å². The van der Waals surface area contributed by atoms with Crippen LogP contribution in [0.5, 0.6) is 0 Å². The highest BCUT2D eigenvalue weighted by molar-refractivity contribution is 6.07. The van der Waals surface area contributed by atoms with E-state index in [1.807, 2.05) is 19.9 Å². The second kappa shape index (κ2) is 6.62. The number of aromatic nitrogens is 1. The topological polar surface area (TPSA) is 50.3 Å². The van der Waals surface area contributed by atoms with Crippen molar-refractivity contribution in [1.29, 1.82) is 0 Å². The van der Waals surface area contributed by atoms with Crippen molar-refractivity contribution in [1.82, 2.24) is 4.98 Å². The van der Waals surface area contributed by atoms with Gasteiger partial charge in [-0.15, -0.1) is 0 Å². The number of halogens is 2. The molecular formula is C22H20F2N2O2. The van der Waals surface area contributed by atoms with Crippen molar-refractivity contribution < 1.29 is 18.4 Å². The molecule has 0 spiro atoms. The number of pyridine rings is 1. The van der Waals surface area contributed by atoms with E-state index in [1.165, 1.54) is 11.0 Å². The highest BCUT2D eigenvalue weighted by Gasteiger charge is 2.44. The number of ketones is 1. The second-order valence-corrected chi connectivity index (χ2v) is 8.17. The first-order valence-electron chi connectivity index (χ1n) is 9.21. The molecule has 2 aliphatic rings. The van der Waals surface area contributed by atoms with Gasteiger partial charge in [0.05, 0.1) is 5.69 Å². The van der Waals surface area contributed by atoms with Gasteiger partial charge in [-0.2, -0.15) is 0 Å². The van der Waals surface area contributed by atoms with Crippen LogP contribution in [0.25, 0.3) is 0 Å². The Morgan fingerprint density at radius 3 is 2.61 bits per heavy atom. The fourth-order valence-electron chi connectivity index (χ4n) is 4.22. The zero-order valence-corrected chi connectivity index (χ0v) is 15.7. The van der Waals surface area contributed by atoms with Gasteiger partial charge in [0.25, 0.3) is 0 Å². The largest absolute Gasteiger partial charge is 0.294 e. The number of hydrogen-bond donors (Lipinski definition) is 0. The molecule has 0 N–H and O–H groups in total. The van der Waals surface area contributed by atoms with E-state index in [4.69, 9.17) is 0 Å². The zero-order chi connectivity index (χ0) is 20.1. The average Bonchev–Trinajstić information content (AvgIpc) is 2.62. The predicted molar refractivity (Wildman–Crippen MR) is 100 cm³/mol. The Morgan fingerprint density at radius 2 is 1.93 bits per heavy atom. The molecule has 0 unspecified atom stereocenters. The van der Waals surface area contributed by atoms with Crippen molar-refractivity contribution in [2.24, 2.45) is 5.41 Å². The van der Waals surface area contributed by atoms with Gasteiger partial charge in [-0.05, 0) is 35.6 Å². The Hall–Kier alpha value is -2.89. The van der Waals surface area contributed by atoms with Gasteiger partial charge in [-0.3, -0.25) is 19.5 Å². The molecule has 144 valence electrons.